The van der Waals surface area contributed by atoms with E-state index < -0.39 is 0 Å². The summed E-state index contributed by atoms with van der Waals surface area (Å²) in [5.74, 6) is -0.115. The number of nitrogens with one attached hydrogen (secondary N) is 1. The smallest absolute Gasteiger partial charge is 0.243 e. The molecular weight excluding hydrogens is 242 g/mol. The number of amides is 1. The van der Waals surface area contributed by atoms with Gasteiger partial charge in [0.15, 0.2) is 0 Å². The van der Waals surface area contributed by atoms with Crippen LogP contribution in [-0.2, 0) is 11.2 Å². The summed E-state index contributed by atoms with van der Waals surface area (Å²) < 4.78 is 1.78. The van der Waals surface area contributed by atoms with Crippen molar-refractivity contribution in [1.82, 2.24) is 14.9 Å². The van der Waals surface area contributed by atoms with Crippen molar-refractivity contribution in [3.8, 4) is 0 Å². The van der Waals surface area contributed by atoms with Crippen LogP contribution in [-0.4, -0.2) is 33.7 Å². The van der Waals surface area contributed by atoms with Crippen LogP contribution in [0.1, 0.15) is 11.6 Å². The topological polar surface area (TPSA) is 67.2 Å². The highest BCUT2D eigenvalue weighted by atomic mass is 16.3. The molecule has 19 heavy (non-hydrogen) atoms. The molecule has 0 spiro atoms. The average molecular weight is 259 g/mol. The van der Waals surface area contributed by atoms with Gasteiger partial charge in [0.25, 0.3) is 0 Å². The van der Waals surface area contributed by atoms with E-state index in [-0.39, 0.29) is 25.1 Å². The predicted octanol–water partition coefficient (Wildman–Crippen LogP) is 0.775. The van der Waals surface area contributed by atoms with Crippen LogP contribution in [0.3, 0.4) is 0 Å². The zero-order valence-corrected chi connectivity index (χ0v) is 10.6. The van der Waals surface area contributed by atoms with Gasteiger partial charge in [0.1, 0.15) is 6.04 Å². The van der Waals surface area contributed by atoms with E-state index in [1.807, 2.05) is 30.3 Å². The lowest BCUT2D eigenvalue weighted by atomic mass is 10.1. The Labute approximate surface area is 111 Å². The summed E-state index contributed by atoms with van der Waals surface area (Å²) in [4.78, 5) is 16.1. The van der Waals surface area contributed by atoms with Crippen LogP contribution in [0.4, 0.5) is 0 Å². The summed E-state index contributed by atoms with van der Waals surface area (Å²) in [6.45, 7) is 0.201. The average Bonchev–Trinajstić information content (AvgIpc) is 2.97. The molecule has 0 aliphatic rings. The van der Waals surface area contributed by atoms with Gasteiger partial charge in [0, 0.05) is 25.4 Å². The second kappa shape index (κ2) is 6.70. The number of carbonyl (C=O) groups is 1. The molecular formula is C14H17N3O2. The summed E-state index contributed by atoms with van der Waals surface area (Å²) in [5, 5.41) is 11.5. The zero-order valence-electron chi connectivity index (χ0n) is 10.6. The molecule has 0 fully saturated rings. The Kier molecular flexibility index (Phi) is 4.69. The Morgan fingerprint density at radius 3 is 2.79 bits per heavy atom. The fourth-order valence-electron chi connectivity index (χ4n) is 1.92. The first-order valence-electron chi connectivity index (χ1n) is 6.21. The van der Waals surface area contributed by atoms with Gasteiger partial charge >= 0.3 is 0 Å². The van der Waals surface area contributed by atoms with Crippen molar-refractivity contribution in [3.05, 3.63) is 54.6 Å². The van der Waals surface area contributed by atoms with Gasteiger partial charge in [-0.15, -0.1) is 0 Å². The molecule has 1 unspecified atom stereocenters. The van der Waals surface area contributed by atoms with E-state index in [0.29, 0.717) is 6.42 Å². The van der Waals surface area contributed by atoms with E-state index in [1.54, 1.807) is 23.3 Å². The van der Waals surface area contributed by atoms with E-state index in [4.69, 9.17) is 5.11 Å². The molecule has 0 aliphatic heterocycles. The van der Waals surface area contributed by atoms with Gasteiger partial charge in [-0.3, -0.25) is 4.79 Å². The first-order valence-corrected chi connectivity index (χ1v) is 6.21. The van der Waals surface area contributed by atoms with Gasteiger partial charge in [0.05, 0.1) is 12.9 Å². The van der Waals surface area contributed by atoms with Crippen LogP contribution < -0.4 is 5.32 Å². The van der Waals surface area contributed by atoms with E-state index in [1.165, 1.54) is 0 Å². The zero-order chi connectivity index (χ0) is 13.5. The Bertz CT molecular complexity index is 497. The third kappa shape index (κ3) is 3.66. The Hall–Kier alpha value is -2.14. The van der Waals surface area contributed by atoms with Crippen LogP contribution >= 0.6 is 0 Å². The standard InChI is InChI=1S/C14H17N3O2/c18-9-7-16-14(19)13(17-8-6-15-11-17)10-12-4-2-1-3-5-12/h1-6,8,11,13,18H,7,9-10H2,(H,16,19). The Morgan fingerprint density at radius 2 is 2.16 bits per heavy atom. The fraction of sp³-hybridized carbons (Fsp3) is 0.286. The number of benzene rings is 1. The summed E-state index contributed by atoms with van der Waals surface area (Å²) in [6, 6.07) is 9.47. The molecule has 0 radical (unpaired) electrons. The highest BCUT2D eigenvalue weighted by molar-refractivity contribution is 5.80. The van der Waals surface area contributed by atoms with Gasteiger partial charge in [0.2, 0.25) is 5.91 Å². The molecule has 100 valence electrons. The monoisotopic (exact) mass is 259 g/mol. The lowest BCUT2D eigenvalue weighted by molar-refractivity contribution is -0.124. The quantitative estimate of drug-likeness (QED) is 0.805. The molecule has 1 atom stereocenters. The number of hydrogen-bond donors (Lipinski definition) is 2. The van der Waals surface area contributed by atoms with Crippen LogP contribution in [0.2, 0.25) is 0 Å². The number of carbonyl (C=O) groups excluding carboxylic acids is 1. The van der Waals surface area contributed by atoms with Crippen LogP contribution in [0, 0.1) is 0 Å². The third-order valence-electron chi connectivity index (χ3n) is 2.87. The Balaban J connectivity index is 2.13. The van der Waals surface area contributed by atoms with Crippen LogP contribution in [0.15, 0.2) is 49.1 Å². The largest absolute Gasteiger partial charge is 0.395 e. The van der Waals surface area contributed by atoms with Gasteiger partial charge in [-0.2, -0.15) is 0 Å². The fourth-order valence-corrected chi connectivity index (χ4v) is 1.92. The van der Waals surface area contributed by atoms with Gasteiger partial charge in [-0.1, -0.05) is 30.3 Å². The number of rotatable bonds is 6. The van der Waals surface area contributed by atoms with E-state index in [9.17, 15) is 4.79 Å². The SMILES string of the molecule is O=C(NCCO)C(Cc1ccccc1)n1ccnc1. The lowest BCUT2D eigenvalue weighted by Crippen LogP contribution is -2.35. The van der Waals surface area contributed by atoms with Crippen molar-refractivity contribution in [1.29, 1.82) is 0 Å². The maximum Gasteiger partial charge on any atom is 0.243 e. The van der Waals surface area contributed by atoms with E-state index in [0.717, 1.165) is 5.56 Å². The van der Waals surface area contributed by atoms with Crippen LogP contribution in [0.5, 0.6) is 0 Å². The number of aromatic nitrogens is 2. The first-order chi connectivity index (χ1) is 9.31. The number of hydrogen-bond acceptors (Lipinski definition) is 3. The molecule has 1 heterocycles. The van der Waals surface area contributed by atoms with Crippen molar-refractivity contribution < 1.29 is 9.90 Å². The van der Waals surface area contributed by atoms with Gasteiger partial charge < -0.3 is 15.0 Å². The van der Waals surface area contributed by atoms with Crippen molar-refractivity contribution in [2.24, 2.45) is 0 Å². The maximum atomic E-state index is 12.1. The normalized spacial score (nSPS) is 12.1. The van der Waals surface area contributed by atoms with Gasteiger partial charge in [-0.05, 0) is 5.56 Å². The predicted molar refractivity (Wildman–Crippen MR) is 71.5 cm³/mol. The van der Waals surface area contributed by atoms with Crippen molar-refractivity contribution in [2.45, 2.75) is 12.5 Å². The molecule has 1 aromatic carbocycles. The molecule has 2 rings (SSSR count). The summed E-state index contributed by atoms with van der Waals surface area (Å²) in [6.07, 6.45) is 5.64. The first kappa shape index (κ1) is 13.3. The molecule has 0 saturated heterocycles. The number of aliphatic hydroxyl groups excluding tert-OH is 1. The minimum Gasteiger partial charge on any atom is -0.395 e. The van der Waals surface area contributed by atoms with Gasteiger partial charge in [-0.25, -0.2) is 4.98 Å². The molecule has 5 nitrogen and oxygen atoms in total. The van der Waals surface area contributed by atoms with Crippen molar-refractivity contribution in [2.75, 3.05) is 13.2 Å². The highest BCUT2D eigenvalue weighted by Gasteiger charge is 2.19. The number of nitrogens with zero attached hydrogens (tertiary/aromatic N) is 2. The Morgan fingerprint density at radius 1 is 1.37 bits per heavy atom. The molecule has 0 aliphatic carbocycles. The van der Waals surface area contributed by atoms with Crippen molar-refractivity contribution >= 4 is 5.91 Å². The summed E-state index contributed by atoms with van der Waals surface area (Å²) in [5.41, 5.74) is 1.08. The molecule has 2 N–H and O–H groups in total. The van der Waals surface area contributed by atoms with Crippen molar-refractivity contribution in [3.63, 3.8) is 0 Å². The molecule has 0 bridgehead atoms. The molecule has 1 amide bonds. The lowest BCUT2D eigenvalue weighted by Gasteiger charge is -2.18. The van der Waals surface area contributed by atoms with E-state index in [2.05, 4.69) is 10.3 Å². The molecule has 2 aromatic rings. The maximum absolute atomic E-state index is 12.1. The third-order valence-corrected chi connectivity index (χ3v) is 2.87. The number of imidazole rings is 1. The summed E-state index contributed by atoms with van der Waals surface area (Å²) in [7, 11) is 0. The van der Waals surface area contributed by atoms with Crippen LogP contribution in [0.25, 0.3) is 0 Å². The summed E-state index contributed by atoms with van der Waals surface area (Å²) >= 11 is 0. The second-order valence-corrected chi connectivity index (χ2v) is 4.23. The molecule has 0 saturated carbocycles. The molecule has 1 aromatic heterocycles. The molecule has 5 heteroatoms. The minimum absolute atomic E-state index is 0.0618. The minimum atomic E-state index is -0.351. The van der Waals surface area contributed by atoms with E-state index >= 15 is 0 Å². The second-order valence-electron chi connectivity index (χ2n) is 4.23. The highest BCUT2D eigenvalue weighted by Crippen LogP contribution is 2.14. The number of aliphatic hydroxyl groups is 1.